The average molecular weight is 296 g/mol. The van der Waals surface area contributed by atoms with E-state index in [0.717, 1.165) is 41.1 Å². The van der Waals surface area contributed by atoms with Gasteiger partial charge in [0.15, 0.2) is 0 Å². The first-order valence-electron chi connectivity index (χ1n) is 7.41. The van der Waals surface area contributed by atoms with Crippen LogP contribution in [0.2, 0.25) is 0 Å². The lowest BCUT2D eigenvalue weighted by Gasteiger charge is -2.12. The van der Waals surface area contributed by atoms with Gasteiger partial charge in [-0.2, -0.15) is 0 Å². The SMILES string of the molecule is CN(C)CCCOc1ccncc1-c1nc2ccccc2[nH]1. The summed E-state index contributed by atoms with van der Waals surface area (Å²) >= 11 is 0. The lowest BCUT2D eigenvalue weighted by atomic mass is 10.2. The molecule has 3 aromatic rings. The van der Waals surface area contributed by atoms with Crippen LogP contribution in [0.3, 0.4) is 0 Å². The molecule has 0 aliphatic rings. The van der Waals surface area contributed by atoms with Gasteiger partial charge in [-0.15, -0.1) is 0 Å². The summed E-state index contributed by atoms with van der Waals surface area (Å²) in [4.78, 5) is 14.3. The fourth-order valence-electron chi connectivity index (χ4n) is 2.33. The molecule has 2 aromatic heterocycles. The molecule has 0 saturated carbocycles. The van der Waals surface area contributed by atoms with E-state index >= 15 is 0 Å². The van der Waals surface area contributed by atoms with Crippen LogP contribution in [0.25, 0.3) is 22.4 Å². The standard InChI is InChI=1S/C17H20N4O/c1-21(2)10-5-11-22-16-8-9-18-12-13(16)17-19-14-6-3-4-7-15(14)20-17/h3-4,6-9,12H,5,10-11H2,1-2H3,(H,19,20). The van der Waals surface area contributed by atoms with E-state index in [2.05, 4.69) is 33.9 Å². The normalized spacial score (nSPS) is 11.2. The summed E-state index contributed by atoms with van der Waals surface area (Å²) < 4.78 is 5.91. The molecule has 5 nitrogen and oxygen atoms in total. The number of hydrogen-bond acceptors (Lipinski definition) is 4. The van der Waals surface area contributed by atoms with Crippen molar-refractivity contribution in [1.82, 2.24) is 19.9 Å². The van der Waals surface area contributed by atoms with Crippen LogP contribution >= 0.6 is 0 Å². The molecule has 2 heterocycles. The zero-order chi connectivity index (χ0) is 15.4. The molecule has 3 rings (SSSR count). The van der Waals surface area contributed by atoms with Gasteiger partial charge in [-0.1, -0.05) is 12.1 Å². The number of aromatic amines is 1. The number of nitrogens with zero attached hydrogens (tertiary/aromatic N) is 3. The van der Waals surface area contributed by atoms with Crippen molar-refractivity contribution in [2.24, 2.45) is 0 Å². The lowest BCUT2D eigenvalue weighted by molar-refractivity contribution is 0.282. The zero-order valence-electron chi connectivity index (χ0n) is 12.9. The number of para-hydroxylation sites is 2. The van der Waals surface area contributed by atoms with Crippen LogP contribution in [-0.4, -0.2) is 47.1 Å². The van der Waals surface area contributed by atoms with Gasteiger partial charge >= 0.3 is 0 Å². The number of ether oxygens (including phenoxy) is 1. The van der Waals surface area contributed by atoms with E-state index in [4.69, 9.17) is 4.74 Å². The molecule has 0 spiro atoms. The fraction of sp³-hybridized carbons (Fsp3) is 0.294. The van der Waals surface area contributed by atoms with Crippen LogP contribution in [0.1, 0.15) is 6.42 Å². The van der Waals surface area contributed by atoms with Crippen LogP contribution < -0.4 is 4.74 Å². The van der Waals surface area contributed by atoms with Crippen molar-refractivity contribution in [2.45, 2.75) is 6.42 Å². The first-order chi connectivity index (χ1) is 10.7. The number of fused-ring (bicyclic) bond motifs is 1. The Bertz CT molecular complexity index is 718. The second-order valence-electron chi connectivity index (χ2n) is 5.48. The number of pyridine rings is 1. The summed E-state index contributed by atoms with van der Waals surface area (Å²) in [6.07, 6.45) is 4.52. The summed E-state index contributed by atoms with van der Waals surface area (Å²) in [6.45, 7) is 1.68. The van der Waals surface area contributed by atoms with Crippen molar-refractivity contribution >= 4 is 11.0 Å². The van der Waals surface area contributed by atoms with E-state index < -0.39 is 0 Å². The first kappa shape index (κ1) is 14.5. The molecule has 0 atom stereocenters. The van der Waals surface area contributed by atoms with Crippen LogP contribution in [0.15, 0.2) is 42.7 Å². The number of rotatable bonds is 6. The van der Waals surface area contributed by atoms with Gasteiger partial charge in [0.2, 0.25) is 0 Å². The molecule has 0 fully saturated rings. The minimum atomic E-state index is 0.676. The van der Waals surface area contributed by atoms with E-state index in [9.17, 15) is 0 Å². The highest BCUT2D eigenvalue weighted by molar-refractivity contribution is 5.80. The van der Waals surface area contributed by atoms with E-state index in [-0.39, 0.29) is 0 Å². The number of nitrogens with one attached hydrogen (secondary N) is 1. The molecule has 1 aromatic carbocycles. The second kappa shape index (κ2) is 6.58. The number of H-pyrrole nitrogens is 1. The van der Waals surface area contributed by atoms with Crippen LogP contribution in [0, 0.1) is 0 Å². The molecule has 0 unspecified atom stereocenters. The summed E-state index contributed by atoms with van der Waals surface area (Å²) in [6, 6.07) is 9.86. The van der Waals surface area contributed by atoms with Crippen molar-refractivity contribution in [2.75, 3.05) is 27.2 Å². The third kappa shape index (κ3) is 3.26. The summed E-state index contributed by atoms with van der Waals surface area (Å²) in [5.41, 5.74) is 2.85. The highest BCUT2D eigenvalue weighted by Crippen LogP contribution is 2.28. The number of imidazole rings is 1. The van der Waals surface area contributed by atoms with Gasteiger partial charge in [0.05, 0.1) is 23.2 Å². The summed E-state index contributed by atoms with van der Waals surface area (Å²) in [5, 5.41) is 0. The zero-order valence-corrected chi connectivity index (χ0v) is 12.9. The quantitative estimate of drug-likeness (QED) is 0.711. The maximum Gasteiger partial charge on any atom is 0.143 e. The van der Waals surface area contributed by atoms with Gasteiger partial charge in [-0.25, -0.2) is 4.98 Å². The Kier molecular flexibility index (Phi) is 4.34. The van der Waals surface area contributed by atoms with E-state index in [1.54, 1.807) is 12.4 Å². The Morgan fingerprint density at radius 3 is 2.86 bits per heavy atom. The van der Waals surface area contributed by atoms with Gasteiger partial charge in [0.1, 0.15) is 11.6 Å². The Labute approximate surface area is 130 Å². The maximum absolute atomic E-state index is 5.91. The highest BCUT2D eigenvalue weighted by Gasteiger charge is 2.11. The predicted molar refractivity (Wildman–Crippen MR) is 88.0 cm³/mol. The van der Waals surface area contributed by atoms with E-state index in [0.29, 0.717) is 6.61 Å². The van der Waals surface area contributed by atoms with Gasteiger partial charge in [-0.05, 0) is 38.7 Å². The summed E-state index contributed by atoms with van der Waals surface area (Å²) in [5.74, 6) is 1.60. The molecule has 0 saturated heterocycles. The van der Waals surface area contributed by atoms with E-state index in [1.165, 1.54) is 0 Å². The molecule has 1 N–H and O–H groups in total. The van der Waals surface area contributed by atoms with E-state index in [1.807, 2.05) is 30.3 Å². The maximum atomic E-state index is 5.91. The Hall–Kier alpha value is -2.40. The van der Waals surface area contributed by atoms with Gasteiger partial charge < -0.3 is 14.6 Å². The Balaban J connectivity index is 1.81. The fourth-order valence-corrected chi connectivity index (χ4v) is 2.33. The lowest BCUT2D eigenvalue weighted by Crippen LogP contribution is -2.15. The van der Waals surface area contributed by atoms with Crippen LogP contribution in [0.5, 0.6) is 5.75 Å². The number of aromatic nitrogens is 3. The third-order valence-electron chi connectivity index (χ3n) is 3.43. The van der Waals surface area contributed by atoms with Crippen LogP contribution in [0.4, 0.5) is 0 Å². The minimum Gasteiger partial charge on any atom is -0.493 e. The second-order valence-corrected chi connectivity index (χ2v) is 5.48. The molecule has 5 heteroatoms. The molecule has 114 valence electrons. The molecule has 0 bridgehead atoms. The predicted octanol–water partition coefficient (Wildman–Crippen LogP) is 2.96. The minimum absolute atomic E-state index is 0.676. The van der Waals surface area contributed by atoms with Crippen LogP contribution in [-0.2, 0) is 0 Å². The Morgan fingerprint density at radius 2 is 2.05 bits per heavy atom. The van der Waals surface area contributed by atoms with Crippen molar-refractivity contribution < 1.29 is 4.74 Å². The summed E-state index contributed by atoms with van der Waals surface area (Å²) in [7, 11) is 4.12. The van der Waals surface area contributed by atoms with Gasteiger partial charge in [0.25, 0.3) is 0 Å². The monoisotopic (exact) mass is 296 g/mol. The van der Waals surface area contributed by atoms with Crippen molar-refractivity contribution in [3.05, 3.63) is 42.7 Å². The number of hydrogen-bond donors (Lipinski definition) is 1. The topological polar surface area (TPSA) is 54.0 Å². The molecular formula is C17H20N4O. The molecule has 0 aliphatic carbocycles. The smallest absolute Gasteiger partial charge is 0.143 e. The highest BCUT2D eigenvalue weighted by atomic mass is 16.5. The number of benzene rings is 1. The average Bonchev–Trinajstić information content (AvgIpc) is 2.95. The van der Waals surface area contributed by atoms with Gasteiger partial charge in [-0.3, -0.25) is 4.98 Å². The molecule has 0 radical (unpaired) electrons. The van der Waals surface area contributed by atoms with Crippen molar-refractivity contribution in [3.8, 4) is 17.1 Å². The molecular weight excluding hydrogens is 276 g/mol. The first-order valence-corrected chi connectivity index (χ1v) is 7.41. The van der Waals surface area contributed by atoms with Gasteiger partial charge in [0, 0.05) is 18.9 Å². The largest absolute Gasteiger partial charge is 0.493 e. The van der Waals surface area contributed by atoms with Crippen molar-refractivity contribution in [3.63, 3.8) is 0 Å². The molecule has 0 aliphatic heterocycles. The Morgan fingerprint density at radius 1 is 1.18 bits per heavy atom. The molecule has 22 heavy (non-hydrogen) atoms. The van der Waals surface area contributed by atoms with Crippen molar-refractivity contribution in [1.29, 1.82) is 0 Å². The third-order valence-corrected chi connectivity index (χ3v) is 3.43. The molecule has 0 amide bonds.